The van der Waals surface area contributed by atoms with Crippen LogP contribution < -0.4 is 10.6 Å². The van der Waals surface area contributed by atoms with Gasteiger partial charge in [0.2, 0.25) is 0 Å². The van der Waals surface area contributed by atoms with E-state index in [2.05, 4.69) is 32.5 Å². The van der Waals surface area contributed by atoms with Gasteiger partial charge in [-0.1, -0.05) is 30.1 Å². The first kappa shape index (κ1) is 14.8. The van der Waals surface area contributed by atoms with Crippen molar-refractivity contribution in [1.82, 2.24) is 15.0 Å². The SMILES string of the molecule is CCCNc1nc(NCc2ccncn2)c(Cl)cc1Cl. The number of nitrogens with one attached hydrogen (secondary N) is 2. The zero-order valence-corrected chi connectivity index (χ0v) is 12.5. The van der Waals surface area contributed by atoms with E-state index < -0.39 is 0 Å². The van der Waals surface area contributed by atoms with Crippen LogP contribution in [0, 0.1) is 0 Å². The smallest absolute Gasteiger partial charge is 0.147 e. The molecule has 0 aliphatic rings. The molecule has 0 aliphatic carbocycles. The van der Waals surface area contributed by atoms with E-state index in [1.54, 1.807) is 12.3 Å². The summed E-state index contributed by atoms with van der Waals surface area (Å²) in [5, 5.41) is 7.29. The van der Waals surface area contributed by atoms with E-state index in [1.807, 2.05) is 6.07 Å². The second kappa shape index (κ2) is 7.26. The van der Waals surface area contributed by atoms with Gasteiger partial charge in [-0.3, -0.25) is 0 Å². The van der Waals surface area contributed by atoms with Gasteiger partial charge < -0.3 is 10.6 Å². The Hall–Kier alpha value is -1.59. The minimum atomic E-state index is 0.478. The summed E-state index contributed by atoms with van der Waals surface area (Å²) in [6.07, 6.45) is 4.18. The van der Waals surface area contributed by atoms with Gasteiger partial charge in [0.1, 0.15) is 18.0 Å². The van der Waals surface area contributed by atoms with Crippen LogP contribution in [0.2, 0.25) is 10.0 Å². The number of hydrogen-bond acceptors (Lipinski definition) is 5. The van der Waals surface area contributed by atoms with Crippen molar-refractivity contribution in [2.75, 3.05) is 17.2 Å². The predicted octanol–water partition coefficient (Wildman–Crippen LogP) is 3.61. The molecule has 0 saturated heterocycles. The zero-order valence-electron chi connectivity index (χ0n) is 11.0. The van der Waals surface area contributed by atoms with Crippen molar-refractivity contribution in [1.29, 1.82) is 0 Å². The van der Waals surface area contributed by atoms with Crippen molar-refractivity contribution in [3.05, 3.63) is 40.4 Å². The molecule has 0 unspecified atom stereocenters. The Morgan fingerprint density at radius 2 is 1.90 bits per heavy atom. The van der Waals surface area contributed by atoms with E-state index in [9.17, 15) is 0 Å². The maximum atomic E-state index is 6.13. The second-order valence-electron chi connectivity index (χ2n) is 4.13. The molecular weight excluding hydrogens is 297 g/mol. The number of hydrogen-bond donors (Lipinski definition) is 2. The van der Waals surface area contributed by atoms with Crippen LogP contribution in [-0.4, -0.2) is 21.5 Å². The summed E-state index contributed by atoms with van der Waals surface area (Å²) in [5.41, 5.74) is 0.857. The lowest BCUT2D eigenvalue weighted by molar-refractivity contribution is 0.964. The standard InChI is InChI=1S/C13H15Cl2N5/c1-2-4-17-12-10(14)6-11(15)13(20-12)18-7-9-3-5-16-8-19-9/h3,5-6,8H,2,4,7H2,1H3,(H2,17,18,20). The molecule has 2 aromatic rings. The molecule has 0 aliphatic heterocycles. The lowest BCUT2D eigenvalue weighted by atomic mass is 10.3. The first-order valence-corrected chi connectivity index (χ1v) is 7.05. The monoisotopic (exact) mass is 311 g/mol. The molecule has 106 valence electrons. The fourth-order valence-corrected chi connectivity index (χ4v) is 2.05. The van der Waals surface area contributed by atoms with Crippen molar-refractivity contribution < 1.29 is 0 Å². The Morgan fingerprint density at radius 1 is 1.15 bits per heavy atom. The highest BCUT2D eigenvalue weighted by Crippen LogP contribution is 2.29. The molecule has 0 saturated carbocycles. The summed E-state index contributed by atoms with van der Waals surface area (Å²) in [7, 11) is 0. The van der Waals surface area contributed by atoms with Gasteiger partial charge >= 0.3 is 0 Å². The molecule has 20 heavy (non-hydrogen) atoms. The van der Waals surface area contributed by atoms with E-state index in [0.29, 0.717) is 28.2 Å². The quantitative estimate of drug-likeness (QED) is 0.853. The summed E-state index contributed by atoms with van der Waals surface area (Å²) in [6.45, 7) is 3.40. The van der Waals surface area contributed by atoms with Gasteiger partial charge in [-0.25, -0.2) is 15.0 Å². The third kappa shape index (κ3) is 3.95. The van der Waals surface area contributed by atoms with Crippen LogP contribution >= 0.6 is 23.2 Å². The van der Waals surface area contributed by atoms with Gasteiger partial charge in [0.15, 0.2) is 0 Å². The Labute approximate surface area is 127 Å². The molecule has 2 rings (SSSR count). The van der Waals surface area contributed by atoms with E-state index in [1.165, 1.54) is 6.33 Å². The van der Waals surface area contributed by atoms with Crippen LogP contribution in [0.5, 0.6) is 0 Å². The number of aromatic nitrogens is 3. The lowest BCUT2D eigenvalue weighted by Crippen LogP contribution is -2.07. The largest absolute Gasteiger partial charge is 0.369 e. The van der Waals surface area contributed by atoms with Crippen molar-refractivity contribution in [3.63, 3.8) is 0 Å². The van der Waals surface area contributed by atoms with E-state index in [4.69, 9.17) is 23.2 Å². The maximum Gasteiger partial charge on any atom is 0.147 e. The fourth-order valence-electron chi connectivity index (χ4n) is 1.55. The predicted molar refractivity (Wildman–Crippen MR) is 82.4 cm³/mol. The summed E-state index contributed by atoms with van der Waals surface area (Å²) < 4.78 is 0. The second-order valence-corrected chi connectivity index (χ2v) is 4.94. The Morgan fingerprint density at radius 3 is 2.55 bits per heavy atom. The molecule has 2 aromatic heterocycles. The Balaban J connectivity index is 2.10. The molecule has 0 amide bonds. The first-order valence-electron chi connectivity index (χ1n) is 6.29. The summed E-state index contributed by atoms with van der Waals surface area (Å²) in [4.78, 5) is 12.4. The van der Waals surface area contributed by atoms with E-state index >= 15 is 0 Å². The molecule has 2 heterocycles. The zero-order chi connectivity index (χ0) is 14.4. The molecule has 5 nitrogen and oxygen atoms in total. The van der Waals surface area contributed by atoms with E-state index in [-0.39, 0.29) is 0 Å². The summed E-state index contributed by atoms with van der Waals surface area (Å²) in [6, 6.07) is 3.50. The molecule has 0 bridgehead atoms. The highest BCUT2D eigenvalue weighted by Gasteiger charge is 2.09. The van der Waals surface area contributed by atoms with Gasteiger partial charge in [-0.15, -0.1) is 0 Å². The number of pyridine rings is 1. The highest BCUT2D eigenvalue weighted by atomic mass is 35.5. The molecule has 0 spiro atoms. The molecular formula is C13H15Cl2N5. The minimum absolute atomic E-state index is 0.478. The van der Waals surface area contributed by atoms with Crippen molar-refractivity contribution in [2.24, 2.45) is 0 Å². The Kier molecular flexibility index (Phi) is 5.38. The third-order valence-electron chi connectivity index (χ3n) is 2.55. The van der Waals surface area contributed by atoms with Gasteiger partial charge in [0, 0.05) is 12.7 Å². The molecule has 7 heteroatoms. The van der Waals surface area contributed by atoms with Gasteiger partial charge in [0.05, 0.1) is 22.3 Å². The highest BCUT2D eigenvalue weighted by molar-refractivity contribution is 6.37. The van der Waals surface area contributed by atoms with Crippen LogP contribution in [0.4, 0.5) is 11.6 Å². The average Bonchev–Trinajstić information content (AvgIpc) is 2.46. The lowest BCUT2D eigenvalue weighted by Gasteiger charge is -2.11. The van der Waals surface area contributed by atoms with Crippen molar-refractivity contribution in [3.8, 4) is 0 Å². The fraction of sp³-hybridized carbons (Fsp3) is 0.308. The van der Waals surface area contributed by atoms with Gasteiger partial charge in [0.25, 0.3) is 0 Å². The van der Waals surface area contributed by atoms with Gasteiger partial charge in [-0.2, -0.15) is 0 Å². The average molecular weight is 312 g/mol. The van der Waals surface area contributed by atoms with Gasteiger partial charge in [-0.05, 0) is 18.6 Å². The van der Waals surface area contributed by atoms with Crippen LogP contribution in [0.1, 0.15) is 19.0 Å². The van der Waals surface area contributed by atoms with Crippen LogP contribution in [0.15, 0.2) is 24.7 Å². The molecule has 2 N–H and O–H groups in total. The normalized spacial score (nSPS) is 10.3. The maximum absolute atomic E-state index is 6.13. The third-order valence-corrected chi connectivity index (χ3v) is 3.13. The molecule has 0 atom stereocenters. The van der Waals surface area contributed by atoms with E-state index in [0.717, 1.165) is 18.7 Å². The van der Waals surface area contributed by atoms with Crippen LogP contribution in [0.25, 0.3) is 0 Å². The van der Waals surface area contributed by atoms with Crippen molar-refractivity contribution >= 4 is 34.8 Å². The number of nitrogens with zero attached hydrogens (tertiary/aromatic N) is 3. The molecule has 0 radical (unpaired) electrons. The van der Waals surface area contributed by atoms with Crippen molar-refractivity contribution in [2.45, 2.75) is 19.9 Å². The molecule has 0 aromatic carbocycles. The summed E-state index contributed by atoms with van der Waals surface area (Å²) in [5.74, 6) is 1.20. The first-order chi connectivity index (χ1) is 9.70. The number of halogens is 2. The number of rotatable bonds is 6. The Bertz CT molecular complexity index is 562. The minimum Gasteiger partial charge on any atom is -0.369 e. The van der Waals surface area contributed by atoms with Crippen LogP contribution in [-0.2, 0) is 6.54 Å². The summed E-state index contributed by atoms with van der Waals surface area (Å²) >= 11 is 12.2. The van der Waals surface area contributed by atoms with Crippen LogP contribution in [0.3, 0.4) is 0 Å². The number of anilines is 2. The topological polar surface area (TPSA) is 62.7 Å². The molecule has 0 fully saturated rings.